The van der Waals surface area contributed by atoms with Crippen LogP contribution in [0.4, 0.5) is 0 Å². The van der Waals surface area contributed by atoms with Gasteiger partial charge in [-0.3, -0.25) is 0 Å². The molecule has 0 aromatic rings. The van der Waals surface area contributed by atoms with Crippen molar-refractivity contribution in [1.29, 1.82) is 0 Å². The lowest BCUT2D eigenvalue weighted by Crippen LogP contribution is -2.13. The van der Waals surface area contributed by atoms with Crippen molar-refractivity contribution in [3.8, 4) is 0 Å². The van der Waals surface area contributed by atoms with E-state index in [1.165, 1.54) is 38.5 Å². The number of rotatable bonds is 4. The fraction of sp³-hybridized carbons (Fsp3) is 1.00. The molecule has 72 valence electrons. The Morgan fingerprint density at radius 1 is 1.25 bits per heavy atom. The highest BCUT2D eigenvalue weighted by Gasteiger charge is 2.28. The molecule has 0 spiro atoms. The second-order valence-electron chi connectivity index (χ2n) is 4.74. The maximum Gasteiger partial charge on any atom is -0.0363 e. The summed E-state index contributed by atoms with van der Waals surface area (Å²) in [5.41, 5.74) is 0. The molecule has 0 saturated heterocycles. The molecular formula is C12H24. The number of hydrogen-bond acceptors (Lipinski definition) is 0. The average Bonchev–Trinajstić information content (AvgIpc) is 2.48. The molecule has 12 heavy (non-hydrogen) atoms. The van der Waals surface area contributed by atoms with Gasteiger partial charge in [0.15, 0.2) is 0 Å². The van der Waals surface area contributed by atoms with Gasteiger partial charge in [-0.15, -0.1) is 0 Å². The first kappa shape index (κ1) is 10.1. The Labute approximate surface area is 77.7 Å². The Balaban J connectivity index is 2.30. The predicted molar refractivity (Wildman–Crippen MR) is 55.2 cm³/mol. The molecule has 0 heteroatoms. The lowest BCUT2D eigenvalue weighted by Gasteiger charge is -2.22. The third-order valence-electron chi connectivity index (χ3n) is 3.50. The molecule has 1 aliphatic carbocycles. The zero-order valence-corrected chi connectivity index (χ0v) is 8.97. The van der Waals surface area contributed by atoms with E-state index in [0.717, 1.165) is 17.8 Å². The topological polar surface area (TPSA) is 0 Å². The lowest BCUT2D eigenvalue weighted by molar-refractivity contribution is 0.276. The molecule has 0 nitrogen and oxygen atoms in total. The zero-order chi connectivity index (χ0) is 8.97. The van der Waals surface area contributed by atoms with Crippen molar-refractivity contribution in [3.05, 3.63) is 0 Å². The Bertz CT molecular complexity index is 115. The highest BCUT2D eigenvalue weighted by atomic mass is 14.3. The molecule has 0 N–H and O–H groups in total. The first-order chi connectivity index (χ1) is 5.75. The van der Waals surface area contributed by atoms with E-state index in [1.54, 1.807) is 0 Å². The molecule has 2 unspecified atom stereocenters. The van der Waals surface area contributed by atoms with Crippen molar-refractivity contribution in [2.45, 2.75) is 59.3 Å². The van der Waals surface area contributed by atoms with Crippen molar-refractivity contribution >= 4 is 0 Å². The normalized spacial score (nSPS) is 30.0. The van der Waals surface area contributed by atoms with E-state index in [4.69, 9.17) is 0 Å². The van der Waals surface area contributed by atoms with Gasteiger partial charge in [0.25, 0.3) is 0 Å². The van der Waals surface area contributed by atoms with Crippen LogP contribution in [0.15, 0.2) is 0 Å². The Hall–Kier alpha value is 0. The Kier molecular flexibility index (Phi) is 4.11. The van der Waals surface area contributed by atoms with Gasteiger partial charge in [-0.05, 0) is 24.2 Å². The van der Waals surface area contributed by atoms with E-state index < -0.39 is 0 Å². The fourth-order valence-corrected chi connectivity index (χ4v) is 2.77. The predicted octanol–water partition coefficient (Wildman–Crippen LogP) is 4.25. The van der Waals surface area contributed by atoms with E-state index in [-0.39, 0.29) is 0 Å². The fourth-order valence-electron chi connectivity index (χ4n) is 2.77. The molecule has 0 bridgehead atoms. The largest absolute Gasteiger partial charge is 0.0654 e. The van der Waals surface area contributed by atoms with Gasteiger partial charge in [-0.25, -0.2) is 0 Å². The van der Waals surface area contributed by atoms with Crippen molar-refractivity contribution in [1.82, 2.24) is 0 Å². The van der Waals surface area contributed by atoms with Gasteiger partial charge < -0.3 is 0 Å². The number of unbranched alkanes of at least 4 members (excludes halogenated alkanes) is 1. The van der Waals surface area contributed by atoms with Crippen LogP contribution in [-0.4, -0.2) is 0 Å². The summed E-state index contributed by atoms with van der Waals surface area (Å²) in [5.74, 6) is 3.05. The summed E-state index contributed by atoms with van der Waals surface area (Å²) in [4.78, 5) is 0. The van der Waals surface area contributed by atoms with Crippen LogP contribution in [0.2, 0.25) is 0 Å². The molecule has 0 heterocycles. The summed E-state index contributed by atoms with van der Waals surface area (Å²) in [6, 6.07) is 0. The minimum Gasteiger partial charge on any atom is -0.0654 e. The molecule has 0 aromatic heterocycles. The maximum atomic E-state index is 2.40. The van der Waals surface area contributed by atoms with Crippen molar-refractivity contribution in [2.24, 2.45) is 17.8 Å². The summed E-state index contributed by atoms with van der Waals surface area (Å²) >= 11 is 0. The molecule has 1 aliphatic rings. The molecular weight excluding hydrogens is 144 g/mol. The first-order valence-corrected chi connectivity index (χ1v) is 5.75. The molecule has 1 fully saturated rings. The summed E-state index contributed by atoms with van der Waals surface area (Å²) in [5, 5.41) is 0. The minimum absolute atomic E-state index is 0.925. The molecule has 1 rings (SSSR count). The Morgan fingerprint density at radius 2 is 2.00 bits per heavy atom. The lowest BCUT2D eigenvalue weighted by atomic mass is 9.83. The van der Waals surface area contributed by atoms with E-state index >= 15 is 0 Å². The van der Waals surface area contributed by atoms with Gasteiger partial charge in [0.05, 0.1) is 0 Å². The summed E-state index contributed by atoms with van der Waals surface area (Å²) < 4.78 is 0. The van der Waals surface area contributed by atoms with E-state index in [2.05, 4.69) is 20.8 Å². The van der Waals surface area contributed by atoms with Gasteiger partial charge in [0, 0.05) is 0 Å². The van der Waals surface area contributed by atoms with Crippen molar-refractivity contribution < 1.29 is 0 Å². The summed E-state index contributed by atoms with van der Waals surface area (Å²) in [7, 11) is 0. The van der Waals surface area contributed by atoms with Crippen LogP contribution in [0.5, 0.6) is 0 Å². The Morgan fingerprint density at radius 3 is 2.58 bits per heavy atom. The SMILES string of the molecule is CCCCC1CCCC1C(C)C. The standard InChI is InChI=1S/C12H24/c1-4-5-7-11-8-6-9-12(11)10(2)3/h10-12H,4-9H2,1-3H3. The third-order valence-corrected chi connectivity index (χ3v) is 3.50. The van der Waals surface area contributed by atoms with Gasteiger partial charge >= 0.3 is 0 Å². The van der Waals surface area contributed by atoms with Crippen LogP contribution < -0.4 is 0 Å². The van der Waals surface area contributed by atoms with Gasteiger partial charge in [0.2, 0.25) is 0 Å². The van der Waals surface area contributed by atoms with Crippen LogP contribution in [0.1, 0.15) is 59.3 Å². The second-order valence-corrected chi connectivity index (χ2v) is 4.74. The molecule has 0 aromatic carbocycles. The highest BCUT2D eigenvalue weighted by Crippen LogP contribution is 2.39. The van der Waals surface area contributed by atoms with E-state index in [9.17, 15) is 0 Å². The highest BCUT2D eigenvalue weighted by molar-refractivity contribution is 4.79. The molecule has 1 saturated carbocycles. The van der Waals surface area contributed by atoms with E-state index in [0.29, 0.717) is 0 Å². The molecule has 0 aliphatic heterocycles. The minimum atomic E-state index is 0.925. The van der Waals surface area contributed by atoms with Crippen molar-refractivity contribution in [2.75, 3.05) is 0 Å². The third kappa shape index (κ3) is 2.50. The van der Waals surface area contributed by atoms with Crippen LogP contribution in [-0.2, 0) is 0 Å². The zero-order valence-electron chi connectivity index (χ0n) is 8.97. The van der Waals surface area contributed by atoms with Crippen LogP contribution in [0, 0.1) is 17.8 Å². The van der Waals surface area contributed by atoms with Gasteiger partial charge in [-0.2, -0.15) is 0 Å². The molecule has 0 radical (unpaired) electrons. The molecule has 2 atom stereocenters. The van der Waals surface area contributed by atoms with Crippen LogP contribution in [0.3, 0.4) is 0 Å². The first-order valence-electron chi connectivity index (χ1n) is 5.75. The van der Waals surface area contributed by atoms with E-state index in [1.807, 2.05) is 0 Å². The maximum absolute atomic E-state index is 2.40. The monoisotopic (exact) mass is 168 g/mol. The van der Waals surface area contributed by atoms with Crippen molar-refractivity contribution in [3.63, 3.8) is 0 Å². The van der Waals surface area contributed by atoms with Gasteiger partial charge in [0.1, 0.15) is 0 Å². The summed E-state index contributed by atoms with van der Waals surface area (Å²) in [6.07, 6.45) is 8.85. The van der Waals surface area contributed by atoms with Crippen LogP contribution in [0.25, 0.3) is 0 Å². The second kappa shape index (κ2) is 4.89. The average molecular weight is 168 g/mol. The molecule has 0 amide bonds. The number of hydrogen-bond donors (Lipinski definition) is 0. The van der Waals surface area contributed by atoms with Crippen LogP contribution >= 0.6 is 0 Å². The quantitative estimate of drug-likeness (QED) is 0.588. The smallest absolute Gasteiger partial charge is 0.0363 e. The summed E-state index contributed by atoms with van der Waals surface area (Å²) in [6.45, 7) is 7.10. The van der Waals surface area contributed by atoms with Gasteiger partial charge in [-0.1, -0.05) is 52.9 Å².